The van der Waals surface area contributed by atoms with Crippen molar-refractivity contribution in [2.24, 2.45) is 11.8 Å². The van der Waals surface area contributed by atoms with Gasteiger partial charge in [0.1, 0.15) is 6.61 Å². The molecule has 0 heterocycles. The number of ether oxygens (including phenoxy) is 1. The molecule has 0 aromatic heterocycles. The molecule has 3 heteroatoms. The van der Waals surface area contributed by atoms with Crippen molar-refractivity contribution in [2.75, 3.05) is 6.61 Å². The van der Waals surface area contributed by atoms with Crippen molar-refractivity contribution in [3.05, 3.63) is 65.7 Å². The van der Waals surface area contributed by atoms with Crippen LogP contribution in [0.4, 0.5) is 0 Å². The van der Waals surface area contributed by atoms with Gasteiger partial charge in [0, 0.05) is 0 Å². The molecule has 0 saturated carbocycles. The van der Waals surface area contributed by atoms with Gasteiger partial charge in [0.05, 0.1) is 5.92 Å². The minimum atomic E-state index is -0.166. The number of benzene rings is 2. The fraction of sp³-hybridized carbons (Fsp3) is 0.348. The first-order chi connectivity index (χ1) is 12.0. The number of esters is 1. The smallest absolute Gasteiger partial charge is 0.308 e. The molecule has 26 heavy (non-hydrogen) atoms. The average Bonchev–Trinajstić information content (AvgIpc) is 2.59. The highest BCUT2D eigenvalue weighted by molar-refractivity contribution is 5.71. The third-order valence-electron chi connectivity index (χ3n) is 3.95. The molecule has 0 aliphatic rings. The number of hydrogen-bond acceptors (Lipinski definition) is 3. The highest BCUT2D eigenvalue weighted by Crippen LogP contribution is 2.21. The van der Waals surface area contributed by atoms with Gasteiger partial charge in [-0.25, -0.2) is 0 Å². The first-order valence-corrected chi connectivity index (χ1v) is 8.98. The van der Waals surface area contributed by atoms with E-state index >= 15 is 0 Å². The zero-order chi connectivity index (χ0) is 18.2. The molecule has 0 saturated heterocycles. The molecule has 0 aliphatic carbocycles. The molecule has 140 valence electrons. The van der Waals surface area contributed by atoms with E-state index in [2.05, 4.69) is 62.4 Å². The predicted octanol–water partition coefficient (Wildman–Crippen LogP) is 5.93. The molecule has 0 fully saturated rings. The van der Waals surface area contributed by atoms with E-state index in [1.54, 1.807) is 0 Å². The quantitative estimate of drug-likeness (QED) is 0.628. The van der Waals surface area contributed by atoms with Crippen molar-refractivity contribution in [1.82, 2.24) is 6.15 Å². The molecular weight excluding hydrogens is 322 g/mol. The summed E-state index contributed by atoms with van der Waals surface area (Å²) in [6, 6.07) is 17.2. The number of carbonyl (C=O) groups excluding carboxylic acids is 1. The Morgan fingerprint density at radius 3 is 1.96 bits per heavy atom. The maximum Gasteiger partial charge on any atom is 0.308 e. The van der Waals surface area contributed by atoms with Crippen LogP contribution in [-0.4, -0.2) is 12.6 Å². The summed E-state index contributed by atoms with van der Waals surface area (Å²) in [7, 11) is 0. The molecule has 0 atom stereocenters. The zero-order valence-corrected chi connectivity index (χ0v) is 16.4. The van der Waals surface area contributed by atoms with E-state index in [1.165, 1.54) is 16.7 Å². The lowest BCUT2D eigenvalue weighted by Gasteiger charge is -2.07. The second kappa shape index (κ2) is 10.6. The Labute approximate surface area is 157 Å². The fourth-order valence-corrected chi connectivity index (χ4v) is 2.57. The lowest BCUT2D eigenvalue weighted by molar-refractivity contribution is -0.145. The summed E-state index contributed by atoms with van der Waals surface area (Å²) in [5, 5.41) is 0. The van der Waals surface area contributed by atoms with E-state index in [4.69, 9.17) is 4.74 Å². The molecule has 0 unspecified atom stereocenters. The molecule has 2 aromatic rings. The van der Waals surface area contributed by atoms with Crippen LogP contribution in [0.15, 0.2) is 54.6 Å². The zero-order valence-electron chi connectivity index (χ0n) is 16.4. The highest BCUT2D eigenvalue weighted by Gasteiger charge is 2.06. The molecule has 3 nitrogen and oxygen atoms in total. The fourth-order valence-electron chi connectivity index (χ4n) is 2.57. The van der Waals surface area contributed by atoms with Crippen LogP contribution in [0.3, 0.4) is 0 Å². The van der Waals surface area contributed by atoms with Gasteiger partial charge in [-0.3, -0.25) is 4.79 Å². The van der Waals surface area contributed by atoms with Crippen LogP contribution >= 0.6 is 0 Å². The molecule has 0 amide bonds. The molecule has 2 aromatic carbocycles. The number of rotatable bonds is 7. The molecular formula is C23H31NO2. The van der Waals surface area contributed by atoms with Gasteiger partial charge in [0.25, 0.3) is 0 Å². The largest absolute Gasteiger partial charge is 0.461 e. The van der Waals surface area contributed by atoms with Gasteiger partial charge >= 0.3 is 5.97 Å². The summed E-state index contributed by atoms with van der Waals surface area (Å²) in [5.74, 6) is 0.428. The second-order valence-electron chi connectivity index (χ2n) is 7.10. The van der Waals surface area contributed by atoms with Crippen LogP contribution in [0.25, 0.3) is 17.2 Å². The van der Waals surface area contributed by atoms with E-state index in [9.17, 15) is 4.79 Å². The van der Waals surface area contributed by atoms with Crippen molar-refractivity contribution < 1.29 is 9.53 Å². The van der Waals surface area contributed by atoms with E-state index in [0.29, 0.717) is 12.5 Å². The summed E-state index contributed by atoms with van der Waals surface area (Å²) in [5.41, 5.74) is 4.92. The molecule has 0 bridgehead atoms. The van der Waals surface area contributed by atoms with E-state index in [0.717, 1.165) is 12.0 Å². The average molecular weight is 354 g/mol. The van der Waals surface area contributed by atoms with Gasteiger partial charge < -0.3 is 10.9 Å². The first-order valence-electron chi connectivity index (χ1n) is 8.98. The van der Waals surface area contributed by atoms with Crippen molar-refractivity contribution in [3.8, 4) is 11.1 Å². The minimum absolute atomic E-state index is 0. The lowest BCUT2D eigenvalue weighted by atomic mass is 9.98. The van der Waals surface area contributed by atoms with Gasteiger partial charge in [-0.1, -0.05) is 82.3 Å². The van der Waals surface area contributed by atoms with Gasteiger partial charge in [0.15, 0.2) is 0 Å². The molecule has 0 aliphatic heterocycles. The SMILES string of the molecule is CC(C)Cc1ccc(-c2ccc(/C=C/COC(=O)C(C)C)cc2)cc1.N. The Balaban J connectivity index is 0.00000338. The van der Waals surface area contributed by atoms with Crippen LogP contribution in [-0.2, 0) is 16.0 Å². The Kier molecular flexibility index (Phi) is 8.80. The van der Waals surface area contributed by atoms with E-state index < -0.39 is 0 Å². The third kappa shape index (κ3) is 6.85. The number of hydrogen-bond donors (Lipinski definition) is 1. The third-order valence-corrected chi connectivity index (χ3v) is 3.95. The second-order valence-corrected chi connectivity index (χ2v) is 7.10. The van der Waals surface area contributed by atoms with Crippen LogP contribution in [0, 0.1) is 11.8 Å². The summed E-state index contributed by atoms with van der Waals surface area (Å²) in [4.78, 5) is 11.4. The summed E-state index contributed by atoms with van der Waals surface area (Å²) >= 11 is 0. The summed E-state index contributed by atoms with van der Waals surface area (Å²) in [6.07, 6.45) is 4.96. The van der Waals surface area contributed by atoms with Gasteiger partial charge in [-0.2, -0.15) is 0 Å². The Hall–Kier alpha value is -2.39. The Morgan fingerprint density at radius 2 is 1.46 bits per heavy atom. The van der Waals surface area contributed by atoms with Crippen LogP contribution in [0.2, 0.25) is 0 Å². The maximum absolute atomic E-state index is 11.4. The summed E-state index contributed by atoms with van der Waals surface area (Å²) < 4.78 is 5.13. The van der Waals surface area contributed by atoms with Gasteiger partial charge in [-0.15, -0.1) is 0 Å². The predicted molar refractivity (Wildman–Crippen MR) is 110 cm³/mol. The standard InChI is InChI=1S/C23H28O2.H3N/c1-17(2)16-20-9-13-22(14-10-20)21-11-7-19(8-12-21)6-5-15-25-23(24)18(3)4;/h5-14,17-18H,15-16H2,1-4H3;1H3/b6-5+;. The highest BCUT2D eigenvalue weighted by atomic mass is 16.5. The van der Waals surface area contributed by atoms with Crippen LogP contribution in [0.5, 0.6) is 0 Å². The van der Waals surface area contributed by atoms with Gasteiger partial charge in [-0.05, 0) is 40.7 Å². The monoisotopic (exact) mass is 353 g/mol. The minimum Gasteiger partial charge on any atom is -0.461 e. The topological polar surface area (TPSA) is 61.3 Å². The first kappa shape index (κ1) is 21.7. The molecule has 0 spiro atoms. The van der Waals surface area contributed by atoms with Crippen molar-refractivity contribution >= 4 is 12.0 Å². The maximum atomic E-state index is 11.4. The van der Waals surface area contributed by atoms with Gasteiger partial charge in [0.2, 0.25) is 0 Å². The van der Waals surface area contributed by atoms with Crippen LogP contribution in [0.1, 0.15) is 38.8 Å². The number of carbonyl (C=O) groups is 1. The Bertz CT molecular complexity index is 698. The molecule has 0 radical (unpaired) electrons. The molecule has 3 N–H and O–H groups in total. The van der Waals surface area contributed by atoms with E-state index in [1.807, 2.05) is 26.0 Å². The van der Waals surface area contributed by atoms with Crippen LogP contribution < -0.4 is 6.15 Å². The lowest BCUT2D eigenvalue weighted by Crippen LogP contribution is -2.11. The van der Waals surface area contributed by atoms with Crippen molar-refractivity contribution in [1.29, 1.82) is 0 Å². The van der Waals surface area contributed by atoms with Crippen molar-refractivity contribution in [3.63, 3.8) is 0 Å². The normalized spacial score (nSPS) is 11.0. The van der Waals surface area contributed by atoms with Crippen molar-refractivity contribution in [2.45, 2.75) is 34.1 Å². The summed E-state index contributed by atoms with van der Waals surface area (Å²) in [6.45, 7) is 8.46. The Morgan fingerprint density at radius 1 is 0.923 bits per heavy atom. The van der Waals surface area contributed by atoms with E-state index in [-0.39, 0.29) is 18.0 Å². The molecule has 2 rings (SSSR count).